The molecule has 0 aliphatic rings. The van der Waals surface area contributed by atoms with E-state index in [1.165, 1.54) is 0 Å². The number of carbonyl (C=O) groups is 1. The molecule has 0 radical (unpaired) electrons. The van der Waals surface area contributed by atoms with E-state index in [2.05, 4.69) is 11.7 Å². The van der Waals surface area contributed by atoms with Crippen LogP contribution in [0.1, 0.15) is 41.0 Å². The van der Waals surface area contributed by atoms with Crippen molar-refractivity contribution in [3.05, 3.63) is 0 Å². The Hall–Kier alpha value is -0.610. The van der Waals surface area contributed by atoms with Gasteiger partial charge in [-0.15, -0.1) is 0 Å². The van der Waals surface area contributed by atoms with Crippen LogP contribution in [0.15, 0.2) is 0 Å². The van der Waals surface area contributed by atoms with Crippen molar-refractivity contribution in [1.82, 2.24) is 0 Å². The van der Waals surface area contributed by atoms with Gasteiger partial charge in [-0.05, 0) is 26.7 Å². The highest BCUT2D eigenvalue weighted by molar-refractivity contribution is 5.70. The van der Waals surface area contributed by atoms with E-state index in [1.807, 2.05) is 34.6 Å². The number of esters is 1. The first-order valence-electron chi connectivity index (χ1n) is 4.36. The molecule has 0 aliphatic carbocycles. The molecule has 0 aromatic carbocycles. The first-order chi connectivity index (χ1) is 5.81. The summed E-state index contributed by atoms with van der Waals surface area (Å²) in [5.41, 5.74) is -0.341. The maximum Gasteiger partial charge on any atom is 0.306 e. The number of hydrogen-bond donors (Lipinski definition) is 2. The Kier molecular flexibility index (Phi) is 7.85. The predicted octanol–water partition coefficient (Wildman–Crippen LogP) is 1.19. The number of ether oxygens (including phenoxy) is 1. The van der Waals surface area contributed by atoms with Gasteiger partial charge in [-0.2, -0.15) is 0 Å². The molecule has 0 aromatic rings. The van der Waals surface area contributed by atoms with Gasteiger partial charge in [0.05, 0.1) is 0 Å². The molecule has 0 saturated heterocycles. The molecule has 0 bridgehead atoms. The summed E-state index contributed by atoms with van der Waals surface area (Å²) < 4.78 is 5.11. The van der Waals surface area contributed by atoms with Crippen LogP contribution in [-0.4, -0.2) is 11.6 Å². The number of rotatable bonds is 2. The molecule has 0 aliphatic heterocycles. The van der Waals surface area contributed by atoms with Crippen molar-refractivity contribution < 1.29 is 9.53 Å². The van der Waals surface area contributed by atoms with Crippen molar-refractivity contribution in [2.24, 2.45) is 17.6 Å². The Morgan fingerprint density at radius 3 is 1.92 bits per heavy atom. The third-order valence-electron chi connectivity index (χ3n) is 0.995. The third kappa shape index (κ3) is 14.3. The summed E-state index contributed by atoms with van der Waals surface area (Å²) in [4.78, 5) is 11.0. The van der Waals surface area contributed by atoms with Gasteiger partial charge in [0, 0.05) is 6.42 Å². The normalized spacial score (nSPS) is 10.5. The lowest BCUT2D eigenvalue weighted by Gasteiger charge is -2.19. The maximum absolute atomic E-state index is 11.0. The molecular weight excluding hydrogens is 168 g/mol. The van der Waals surface area contributed by atoms with E-state index in [-0.39, 0.29) is 11.6 Å². The quantitative estimate of drug-likeness (QED) is 0.389. The van der Waals surface area contributed by atoms with Gasteiger partial charge < -0.3 is 4.74 Å². The Labute approximate surface area is 80.6 Å². The SMILES string of the molecule is CC(C)CC(=O)OC(C)(C)C.NN. The van der Waals surface area contributed by atoms with Crippen LogP contribution in [0.25, 0.3) is 0 Å². The highest BCUT2D eigenvalue weighted by Gasteiger charge is 2.16. The summed E-state index contributed by atoms with van der Waals surface area (Å²) in [6, 6.07) is 0. The van der Waals surface area contributed by atoms with E-state index in [4.69, 9.17) is 4.74 Å². The lowest BCUT2D eigenvalue weighted by atomic mass is 10.1. The highest BCUT2D eigenvalue weighted by atomic mass is 16.6. The minimum atomic E-state index is -0.341. The second-order valence-electron chi connectivity index (χ2n) is 4.18. The van der Waals surface area contributed by atoms with E-state index in [0.717, 1.165) is 0 Å². The largest absolute Gasteiger partial charge is 0.460 e. The molecule has 0 atom stereocenters. The fourth-order valence-electron chi connectivity index (χ4n) is 0.717. The monoisotopic (exact) mass is 190 g/mol. The molecule has 80 valence electrons. The van der Waals surface area contributed by atoms with Crippen LogP contribution >= 0.6 is 0 Å². The van der Waals surface area contributed by atoms with Crippen LogP contribution in [-0.2, 0) is 9.53 Å². The fourth-order valence-corrected chi connectivity index (χ4v) is 0.717. The second-order valence-corrected chi connectivity index (χ2v) is 4.18. The number of hydrogen-bond acceptors (Lipinski definition) is 4. The molecule has 0 spiro atoms. The third-order valence-corrected chi connectivity index (χ3v) is 0.995. The van der Waals surface area contributed by atoms with E-state index in [9.17, 15) is 4.79 Å². The zero-order valence-electron chi connectivity index (χ0n) is 9.26. The van der Waals surface area contributed by atoms with Gasteiger partial charge in [-0.25, -0.2) is 0 Å². The molecule has 0 aromatic heterocycles. The van der Waals surface area contributed by atoms with Gasteiger partial charge in [0.1, 0.15) is 5.60 Å². The van der Waals surface area contributed by atoms with Gasteiger partial charge >= 0.3 is 5.97 Å². The summed E-state index contributed by atoms with van der Waals surface area (Å²) in [6.45, 7) is 9.65. The van der Waals surface area contributed by atoms with Crippen LogP contribution in [0, 0.1) is 5.92 Å². The molecule has 4 N–H and O–H groups in total. The zero-order valence-corrected chi connectivity index (χ0v) is 9.26. The summed E-state index contributed by atoms with van der Waals surface area (Å²) in [5.74, 6) is 8.28. The summed E-state index contributed by atoms with van der Waals surface area (Å²) in [5, 5.41) is 0. The second kappa shape index (κ2) is 6.86. The molecule has 0 heterocycles. The van der Waals surface area contributed by atoms with Crippen LogP contribution < -0.4 is 11.7 Å². The minimum absolute atomic E-state index is 0.104. The molecule has 4 nitrogen and oxygen atoms in total. The molecule has 0 fully saturated rings. The summed E-state index contributed by atoms with van der Waals surface area (Å²) >= 11 is 0. The van der Waals surface area contributed by atoms with Crippen molar-refractivity contribution in [3.8, 4) is 0 Å². The van der Waals surface area contributed by atoms with E-state index >= 15 is 0 Å². The number of carbonyl (C=O) groups excluding carboxylic acids is 1. The highest BCUT2D eigenvalue weighted by Crippen LogP contribution is 2.10. The molecule has 0 rings (SSSR count). The molecule has 4 heteroatoms. The van der Waals surface area contributed by atoms with E-state index in [0.29, 0.717) is 12.3 Å². The van der Waals surface area contributed by atoms with Crippen LogP contribution in [0.4, 0.5) is 0 Å². The van der Waals surface area contributed by atoms with Gasteiger partial charge in [0.2, 0.25) is 0 Å². The lowest BCUT2D eigenvalue weighted by molar-refractivity contribution is -0.155. The summed E-state index contributed by atoms with van der Waals surface area (Å²) in [6.07, 6.45) is 0.511. The van der Waals surface area contributed by atoms with Gasteiger partial charge in [0.25, 0.3) is 0 Å². The Morgan fingerprint density at radius 1 is 1.31 bits per heavy atom. The fraction of sp³-hybridized carbons (Fsp3) is 0.889. The van der Waals surface area contributed by atoms with Crippen molar-refractivity contribution in [2.75, 3.05) is 0 Å². The first-order valence-corrected chi connectivity index (χ1v) is 4.36. The van der Waals surface area contributed by atoms with Gasteiger partial charge in [-0.1, -0.05) is 13.8 Å². The van der Waals surface area contributed by atoms with Crippen molar-refractivity contribution in [3.63, 3.8) is 0 Å². The first kappa shape index (κ1) is 14.9. The predicted molar refractivity (Wildman–Crippen MR) is 53.7 cm³/mol. The topological polar surface area (TPSA) is 78.3 Å². The van der Waals surface area contributed by atoms with E-state index in [1.54, 1.807) is 0 Å². The van der Waals surface area contributed by atoms with Gasteiger partial charge in [-0.3, -0.25) is 16.5 Å². The van der Waals surface area contributed by atoms with Crippen molar-refractivity contribution in [1.29, 1.82) is 0 Å². The summed E-state index contributed by atoms with van der Waals surface area (Å²) in [7, 11) is 0. The molecule has 0 amide bonds. The minimum Gasteiger partial charge on any atom is -0.460 e. The Bertz CT molecular complexity index is 139. The van der Waals surface area contributed by atoms with Crippen LogP contribution in [0.5, 0.6) is 0 Å². The smallest absolute Gasteiger partial charge is 0.306 e. The molecular formula is C9H22N2O2. The molecule has 13 heavy (non-hydrogen) atoms. The van der Waals surface area contributed by atoms with E-state index < -0.39 is 0 Å². The lowest BCUT2D eigenvalue weighted by Crippen LogP contribution is -2.24. The van der Waals surface area contributed by atoms with Crippen LogP contribution in [0.2, 0.25) is 0 Å². The standard InChI is InChI=1S/C9H18O2.H4N2/c1-7(2)6-8(10)11-9(3,4)5;1-2/h7H,6H2,1-5H3;1-2H2. The maximum atomic E-state index is 11.0. The average Bonchev–Trinajstić information content (AvgIpc) is 1.85. The Morgan fingerprint density at radius 2 is 1.69 bits per heavy atom. The Balaban J connectivity index is 0. The molecule has 0 unspecified atom stereocenters. The zero-order chi connectivity index (χ0) is 11.1. The molecule has 0 saturated carbocycles. The van der Waals surface area contributed by atoms with Crippen molar-refractivity contribution >= 4 is 5.97 Å². The average molecular weight is 190 g/mol. The van der Waals surface area contributed by atoms with Gasteiger partial charge in [0.15, 0.2) is 0 Å². The van der Waals surface area contributed by atoms with Crippen LogP contribution in [0.3, 0.4) is 0 Å². The van der Waals surface area contributed by atoms with Crippen molar-refractivity contribution in [2.45, 2.75) is 46.6 Å². The number of nitrogens with two attached hydrogens (primary N) is 2. The number of hydrazine groups is 1.